The summed E-state index contributed by atoms with van der Waals surface area (Å²) >= 11 is 48.9. The molecular weight excluding hydrogens is 1910 g/mol. The van der Waals surface area contributed by atoms with Crippen molar-refractivity contribution in [1.29, 1.82) is 0 Å². The number of hydrogen-bond donors (Lipinski definition) is 7. The lowest BCUT2D eigenvalue weighted by molar-refractivity contribution is 0.0904. The molecule has 0 radical (unpaired) electrons. The van der Waals surface area contributed by atoms with Gasteiger partial charge in [0.2, 0.25) is 0 Å². The van der Waals surface area contributed by atoms with E-state index in [2.05, 4.69) is 54.8 Å². The molecule has 8 N–H and O–H groups in total. The maximum atomic E-state index is 13.6. The average Bonchev–Trinajstić information content (AvgIpc) is 1.58. The van der Waals surface area contributed by atoms with Crippen LogP contribution < -0.4 is 35.3 Å². The smallest absolute Gasteiger partial charge is 0.416 e. The summed E-state index contributed by atoms with van der Waals surface area (Å²) in [5.74, 6) is 1.25. The van der Waals surface area contributed by atoms with Crippen molar-refractivity contribution >= 4 is 184 Å². The van der Waals surface area contributed by atoms with Gasteiger partial charge in [0.05, 0.1) is 6.26 Å². The molecule has 5 aliphatic rings. The zero-order chi connectivity index (χ0) is 94.6. The number of aromatic amines is 4. The number of fused-ring (bicyclic) bond motifs is 12. The zero-order valence-electron chi connectivity index (χ0n) is 72.8. The summed E-state index contributed by atoms with van der Waals surface area (Å²) in [6.45, 7) is 3.49. The number of nitrogens with zero attached hydrogens (tertiary/aromatic N) is 4. The molecule has 1 fully saturated rings. The Morgan fingerprint density at radius 3 is 0.934 bits per heavy atom. The first-order chi connectivity index (χ1) is 66.5. The molecule has 5 aromatic heterocycles. The van der Waals surface area contributed by atoms with Crippen molar-refractivity contribution in [2.24, 2.45) is 0 Å². The maximum Gasteiger partial charge on any atom is 0.416 e. The predicted molar refractivity (Wildman–Crippen MR) is 536 cm³/mol. The van der Waals surface area contributed by atoms with Gasteiger partial charge in [0, 0.05) is 169 Å². The lowest BCUT2D eigenvalue weighted by atomic mass is 9.92. The number of anilines is 3. The van der Waals surface area contributed by atoms with Crippen molar-refractivity contribution in [3.63, 3.8) is 0 Å². The van der Waals surface area contributed by atoms with E-state index in [4.69, 9.17) is 127 Å². The van der Waals surface area contributed by atoms with E-state index in [-0.39, 0.29) is 29.6 Å². The summed E-state index contributed by atoms with van der Waals surface area (Å²) in [6.07, 6.45) is 4.32. The summed E-state index contributed by atoms with van der Waals surface area (Å²) in [5.41, 5.74) is 24.0. The van der Waals surface area contributed by atoms with Crippen LogP contribution in [0.1, 0.15) is 115 Å². The van der Waals surface area contributed by atoms with Crippen LogP contribution >= 0.6 is 92.8 Å². The standard InChI is InChI=1S/C29H21Cl2N3O4.C29H27Cl2N3O3.C24H17Cl2FN2O2.C24H19Cl2N3O2/c30-18-5-10-21(11-6-18)38-29(36)34-14-13-22-23-16-19(31)7-12-24(23)33-26(22)27(34)17-3-8-20(9-4-17)32-28(35)25-2-1-15-37-25;30-19-3-8-23(9-4-19)37-29(35)34-14-11-24-25-17-20(31)5-10-26(25)33-27(24)28(34)18-1-6-21(7-2-18)32-22-12-15-36-16-13-22;2*25-15-3-8-18(9-4-15)31-24(30)29-12-11-19-20-13-16(26)5-10-21(20)28-22(19)23(29)14-1-6-17(27)7-2-14/h1-12,15-16,27,33H,13-14H2,(H,32,35);1-10,17,22,28,32-33H,11-16H2;1-10,13,23,28H,11-12H2;1-10,13,23,28H,11-12,27H2. The van der Waals surface area contributed by atoms with Gasteiger partial charge in [-0.15, -0.1) is 0 Å². The number of aromatic nitrogens is 4. The Morgan fingerprint density at radius 1 is 0.350 bits per heavy atom. The van der Waals surface area contributed by atoms with Crippen LogP contribution in [0.15, 0.2) is 290 Å². The van der Waals surface area contributed by atoms with Crippen LogP contribution in [0.3, 0.4) is 0 Å². The molecule has 0 saturated carbocycles. The van der Waals surface area contributed by atoms with Crippen LogP contribution in [0.4, 0.5) is 40.6 Å². The highest BCUT2D eigenvalue weighted by atomic mass is 35.5. The summed E-state index contributed by atoms with van der Waals surface area (Å²) in [5, 5.41) is 15.6. The molecule has 22 rings (SSSR count). The van der Waals surface area contributed by atoms with E-state index >= 15 is 0 Å². The van der Waals surface area contributed by atoms with Gasteiger partial charge in [-0.3, -0.25) is 24.4 Å². The minimum absolute atomic E-state index is 0.221. The molecule has 0 aliphatic carbocycles. The minimum atomic E-state index is -0.487. The van der Waals surface area contributed by atoms with E-state index in [0.29, 0.717) is 132 Å². The first kappa shape index (κ1) is 92.5. The van der Waals surface area contributed by atoms with Crippen molar-refractivity contribution in [2.75, 3.05) is 55.8 Å². The highest BCUT2D eigenvalue weighted by molar-refractivity contribution is 6.33. The Hall–Kier alpha value is -13.6. The van der Waals surface area contributed by atoms with Gasteiger partial charge >= 0.3 is 24.4 Å². The number of halogens is 9. The third kappa shape index (κ3) is 20.6. The Morgan fingerprint density at radius 2 is 0.635 bits per heavy atom. The molecule has 137 heavy (non-hydrogen) atoms. The number of hydrogen-bond acceptors (Lipinski definition) is 13. The van der Waals surface area contributed by atoms with E-state index in [0.717, 1.165) is 137 Å². The Bertz CT molecular complexity index is 7110. The number of nitrogens with two attached hydrogens (primary N) is 1. The van der Waals surface area contributed by atoms with Crippen molar-refractivity contribution in [3.8, 4) is 23.0 Å². The van der Waals surface area contributed by atoms with Crippen LogP contribution in [0.2, 0.25) is 40.2 Å². The normalized spacial score (nSPS) is 16.1. The van der Waals surface area contributed by atoms with E-state index in [9.17, 15) is 28.4 Å². The number of rotatable bonds is 12. The summed E-state index contributed by atoms with van der Waals surface area (Å²) in [6, 6.07) is 81.4. The summed E-state index contributed by atoms with van der Waals surface area (Å²) < 4.78 is 47.0. The largest absolute Gasteiger partial charge is 0.459 e. The number of carbonyl (C=O) groups is 5. The molecule has 5 aliphatic heterocycles. The molecule has 10 heterocycles. The van der Waals surface area contributed by atoms with Gasteiger partial charge < -0.3 is 64.4 Å². The van der Waals surface area contributed by atoms with E-state index in [1.165, 1.54) is 24.0 Å². The number of furan rings is 1. The van der Waals surface area contributed by atoms with E-state index in [1.807, 2.05) is 109 Å². The average molecular weight is 1990 g/mol. The lowest BCUT2D eigenvalue weighted by Crippen LogP contribution is -2.42. The van der Waals surface area contributed by atoms with Crippen LogP contribution in [0.5, 0.6) is 23.0 Å². The van der Waals surface area contributed by atoms with Crippen molar-refractivity contribution in [3.05, 3.63) is 404 Å². The van der Waals surface area contributed by atoms with Gasteiger partial charge in [-0.1, -0.05) is 141 Å². The molecule has 5 amide bonds. The number of H-pyrrole nitrogens is 4. The van der Waals surface area contributed by atoms with Crippen LogP contribution in [-0.4, -0.2) is 115 Å². The van der Waals surface area contributed by atoms with Crippen LogP contribution in [0, 0.1) is 5.82 Å². The SMILES string of the molecule is Nc1ccc(C2c3[nH]c4ccc(Cl)cc4c3CCN2C(=O)Oc2ccc(Cl)cc2)cc1.O=C(Nc1ccc(C2c3[nH]c4ccc(Cl)cc4c3CCN2C(=O)Oc2ccc(Cl)cc2)cc1)c1ccco1.O=C(Oc1ccc(Cl)cc1)N1CCc2c([nH]c3ccc(Cl)cc23)C1c1ccc(F)cc1.O=C(Oc1ccc(Cl)cc1)N1CCc2c([nH]c3ccc(Cl)cc23)C1c1ccc(NC2CCOCC2)cc1. The summed E-state index contributed by atoms with van der Waals surface area (Å²) in [4.78, 5) is 86.5. The topological polar surface area (TPSA) is 271 Å². The second-order valence-corrected chi connectivity index (χ2v) is 36.9. The second-order valence-electron chi connectivity index (χ2n) is 33.4. The molecule has 31 heteroatoms. The monoisotopic (exact) mass is 1990 g/mol. The second kappa shape index (κ2) is 40.8. The molecule has 4 unspecified atom stereocenters. The molecule has 17 aromatic rings. The number of benzene rings is 12. The van der Waals surface area contributed by atoms with Gasteiger partial charge in [0.1, 0.15) is 53.0 Å². The number of carbonyl (C=O) groups excluding carboxylic acids is 5. The van der Waals surface area contributed by atoms with Gasteiger partial charge in [-0.25, -0.2) is 23.6 Å². The predicted octanol–water partition coefficient (Wildman–Crippen LogP) is 27.6. The van der Waals surface area contributed by atoms with Crippen LogP contribution in [0.25, 0.3) is 43.6 Å². The molecule has 1 saturated heterocycles. The first-order valence-electron chi connectivity index (χ1n) is 44.2. The maximum absolute atomic E-state index is 13.6. The highest BCUT2D eigenvalue weighted by Gasteiger charge is 2.41. The van der Waals surface area contributed by atoms with E-state index < -0.39 is 36.5 Å². The van der Waals surface area contributed by atoms with Gasteiger partial charge in [0.15, 0.2) is 5.76 Å². The number of ether oxygens (including phenoxy) is 5. The van der Waals surface area contributed by atoms with Gasteiger partial charge in [-0.05, 0) is 314 Å². The Labute approximate surface area is 825 Å². The highest BCUT2D eigenvalue weighted by Crippen LogP contribution is 2.46. The fourth-order valence-corrected chi connectivity index (χ4v) is 19.6. The molecule has 12 aromatic carbocycles. The fourth-order valence-electron chi connectivity index (χ4n) is 18.4. The third-order valence-electron chi connectivity index (χ3n) is 24.9. The van der Waals surface area contributed by atoms with Crippen LogP contribution in [-0.2, 0) is 30.4 Å². The molecule has 692 valence electrons. The van der Waals surface area contributed by atoms with Crippen molar-refractivity contribution in [2.45, 2.75) is 68.7 Å². The molecule has 4 atom stereocenters. The molecular formula is C106H84Cl8FN11O11. The molecule has 22 nitrogen and oxygen atoms in total. The Kier molecular flexibility index (Phi) is 27.5. The van der Waals surface area contributed by atoms with E-state index in [1.54, 1.807) is 153 Å². The first-order valence-corrected chi connectivity index (χ1v) is 47.2. The Balaban J connectivity index is 0.000000117. The van der Waals surface area contributed by atoms with Gasteiger partial charge in [-0.2, -0.15) is 0 Å². The quantitative estimate of drug-likeness (QED) is 0.0562. The molecule has 0 spiro atoms. The van der Waals surface area contributed by atoms with Crippen molar-refractivity contribution < 1.29 is 56.5 Å². The third-order valence-corrected chi connectivity index (χ3v) is 26.8. The summed E-state index contributed by atoms with van der Waals surface area (Å²) in [7, 11) is 0. The lowest BCUT2D eigenvalue weighted by Gasteiger charge is -2.35. The van der Waals surface area contributed by atoms with Crippen molar-refractivity contribution in [1.82, 2.24) is 39.5 Å². The zero-order valence-corrected chi connectivity index (χ0v) is 78.8. The number of nitrogens with one attached hydrogen (secondary N) is 6. The fraction of sp³-hybridized carbons (Fsp3) is 0.160. The number of amides is 5. The number of nitrogen functional groups attached to an aromatic ring is 1. The molecule has 0 bridgehead atoms. The minimum Gasteiger partial charge on any atom is -0.459 e. The van der Waals surface area contributed by atoms with Gasteiger partial charge in [0.25, 0.3) is 5.91 Å².